The Kier molecular flexibility index (Phi) is 6.30. The van der Waals surface area contributed by atoms with Crippen LogP contribution in [0.25, 0.3) is 0 Å². The highest BCUT2D eigenvalue weighted by molar-refractivity contribution is 7.37. The molecule has 0 spiro atoms. The van der Waals surface area contributed by atoms with E-state index < -0.39 is 0 Å². The summed E-state index contributed by atoms with van der Waals surface area (Å²) in [5.41, 5.74) is 2.47. The summed E-state index contributed by atoms with van der Waals surface area (Å²) in [6.07, 6.45) is 2.08. The van der Waals surface area contributed by atoms with Crippen molar-refractivity contribution in [2.75, 3.05) is 12.3 Å². The fourth-order valence-corrected chi connectivity index (χ4v) is 3.34. The summed E-state index contributed by atoms with van der Waals surface area (Å²) < 4.78 is 11.5. The van der Waals surface area contributed by atoms with Crippen molar-refractivity contribution >= 4 is 17.6 Å². The Hall–Kier alpha value is -1.10. The lowest BCUT2D eigenvalue weighted by atomic mass is 10.2. The highest BCUT2D eigenvalue weighted by Gasteiger charge is 1.97. The third-order valence-electron chi connectivity index (χ3n) is 2.69. The molecule has 106 valence electrons. The van der Waals surface area contributed by atoms with E-state index >= 15 is 0 Å². The molecule has 0 aromatic heterocycles. The average Bonchev–Trinajstić information content (AvgIpc) is 2.43. The molecule has 0 fully saturated rings. The Morgan fingerprint density at radius 2 is 1.20 bits per heavy atom. The van der Waals surface area contributed by atoms with Crippen molar-refractivity contribution < 1.29 is 9.05 Å². The molecule has 0 N–H and O–H groups in total. The van der Waals surface area contributed by atoms with E-state index in [0.29, 0.717) is 17.6 Å². The molecular formula is C16H20O2P2. The maximum absolute atomic E-state index is 5.73. The number of aryl methyl sites for hydroxylation is 2. The lowest BCUT2D eigenvalue weighted by Crippen LogP contribution is -1.88. The molecule has 2 aromatic rings. The van der Waals surface area contributed by atoms with Crippen LogP contribution in [0.1, 0.15) is 11.1 Å². The van der Waals surface area contributed by atoms with Gasteiger partial charge in [-0.2, -0.15) is 0 Å². The first-order valence-corrected chi connectivity index (χ1v) is 8.90. The molecule has 0 saturated carbocycles. The first-order chi connectivity index (χ1) is 9.74. The maximum Gasteiger partial charge on any atom is 0.123 e. The molecule has 0 aliphatic carbocycles. The second-order valence-electron chi connectivity index (χ2n) is 4.63. The second kappa shape index (κ2) is 8.25. The van der Waals surface area contributed by atoms with Crippen molar-refractivity contribution in [2.24, 2.45) is 0 Å². The van der Waals surface area contributed by atoms with Crippen LogP contribution in [0.3, 0.4) is 0 Å². The van der Waals surface area contributed by atoms with Gasteiger partial charge in [-0.1, -0.05) is 24.3 Å². The third-order valence-corrected chi connectivity index (χ3v) is 4.86. The Labute approximate surface area is 124 Å². The lowest BCUT2D eigenvalue weighted by Gasteiger charge is -2.08. The molecule has 0 heterocycles. The molecule has 2 aromatic carbocycles. The first kappa shape index (κ1) is 15.3. The highest BCUT2D eigenvalue weighted by atomic mass is 31.1. The molecule has 4 heteroatoms. The summed E-state index contributed by atoms with van der Waals surface area (Å²) in [6, 6.07) is 16.4. The van der Waals surface area contributed by atoms with E-state index in [1.807, 2.05) is 24.3 Å². The number of rotatable bonds is 7. The maximum atomic E-state index is 5.73. The van der Waals surface area contributed by atoms with Gasteiger partial charge in [0.1, 0.15) is 11.5 Å². The molecule has 0 aliphatic rings. The van der Waals surface area contributed by atoms with Crippen LogP contribution in [0, 0.1) is 13.8 Å². The number of hydrogen-bond acceptors (Lipinski definition) is 2. The predicted octanol–water partition coefficient (Wildman–Crippen LogP) is 4.95. The minimum Gasteiger partial charge on any atom is -0.477 e. The van der Waals surface area contributed by atoms with Gasteiger partial charge in [0, 0.05) is 12.3 Å². The molecule has 2 rings (SSSR count). The van der Waals surface area contributed by atoms with E-state index in [2.05, 4.69) is 38.1 Å². The van der Waals surface area contributed by atoms with E-state index in [-0.39, 0.29) is 0 Å². The van der Waals surface area contributed by atoms with Gasteiger partial charge in [-0.15, -0.1) is 0 Å². The van der Waals surface area contributed by atoms with Gasteiger partial charge in [-0.25, -0.2) is 0 Å². The summed E-state index contributed by atoms with van der Waals surface area (Å²) in [7, 11) is 0.996. The number of hydrogen-bond donors (Lipinski definition) is 0. The van der Waals surface area contributed by atoms with Crippen LogP contribution in [0.5, 0.6) is 11.5 Å². The van der Waals surface area contributed by atoms with Crippen molar-refractivity contribution in [2.45, 2.75) is 13.8 Å². The molecule has 0 aliphatic heterocycles. The summed E-state index contributed by atoms with van der Waals surface area (Å²) in [5.74, 6) is 1.93. The van der Waals surface area contributed by atoms with Gasteiger partial charge in [0.2, 0.25) is 0 Å². The quantitative estimate of drug-likeness (QED) is 0.532. The van der Waals surface area contributed by atoms with Gasteiger partial charge in [0.15, 0.2) is 0 Å². The van der Waals surface area contributed by atoms with Gasteiger partial charge in [0.05, 0.1) is 17.6 Å². The summed E-state index contributed by atoms with van der Waals surface area (Å²) >= 11 is 0. The normalized spacial score (nSPS) is 11.5. The van der Waals surface area contributed by atoms with Gasteiger partial charge in [-0.05, 0) is 49.2 Å². The fraction of sp³-hybridized carbons (Fsp3) is 0.250. The first-order valence-electron chi connectivity index (χ1n) is 6.67. The molecule has 2 nitrogen and oxygen atoms in total. The standard InChI is InChI=1S/C16H20O2P2/c1-13-5-3-7-15(11-13)17-19-9-10-20-18-16-8-4-6-14(2)12-16/h3-8,11-12,19-20H,9-10H2,1-2H3. The largest absolute Gasteiger partial charge is 0.477 e. The van der Waals surface area contributed by atoms with Gasteiger partial charge in [-0.3, -0.25) is 0 Å². The zero-order chi connectivity index (χ0) is 14.2. The van der Waals surface area contributed by atoms with Gasteiger partial charge >= 0.3 is 0 Å². The van der Waals surface area contributed by atoms with E-state index in [1.54, 1.807) is 0 Å². The SMILES string of the molecule is Cc1cccc(OPCCPOc2cccc(C)c2)c1. The predicted molar refractivity (Wildman–Crippen MR) is 90.0 cm³/mol. The molecule has 0 bridgehead atoms. The van der Waals surface area contributed by atoms with Crippen LogP contribution in [0.15, 0.2) is 48.5 Å². The monoisotopic (exact) mass is 306 g/mol. The van der Waals surface area contributed by atoms with Crippen molar-refractivity contribution in [1.29, 1.82) is 0 Å². The van der Waals surface area contributed by atoms with Crippen LogP contribution in [0.2, 0.25) is 0 Å². The van der Waals surface area contributed by atoms with Crippen molar-refractivity contribution in [3.05, 3.63) is 59.7 Å². The van der Waals surface area contributed by atoms with Crippen molar-refractivity contribution in [3.63, 3.8) is 0 Å². The van der Waals surface area contributed by atoms with Crippen molar-refractivity contribution in [1.82, 2.24) is 0 Å². The topological polar surface area (TPSA) is 18.5 Å². The van der Waals surface area contributed by atoms with Gasteiger partial charge < -0.3 is 9.05 Å². The smallest absolute Gasteiger partial charge is 0.123 e. The van der Waals surface area contributed by atoms with Crippen LogP contribution in [-0.4, -0.2) is 12.3 Å². The molecule has 2 unspecified atom stereocenters. The van der Waals surface area contributed by atoms with E-state index in [0.717, 1.165) is 23.8 Å². The van der Waals surface area contributed by atoms with Crippen LogP contribution in [0.4, 0.5) is 0 Å². The van der Waals surface area contributed by atoms with Crippen molar-refractivity contribution in [3.8, 4) is 11.5 Å². The van der Waals surface area contributed by atoms with Crippen LogP contribution >= 0.6 is 17.6 Å². The summed E-state index contributed by atoms with van der Waals surface area (Å²) in [5, 5.41) is 0. The molecule has 0 radical (unpaired) electrons. The van der Waals surface area contributed by atoms with E-state index in [1.165, 1.54) is 11.1 Å². The fourth-order valence-electron chi connectivity index (χ4n) is 1.73. The minimum atomic E-state index is 0.498. The molecule has 2 atom stereocenters. The molecular weight excluding hydrogens is 286 g/mol. The second-order valence-corrected chi connectivity index (χ2v) is 6.61. The van der Waals surface area contributed by atoms with Crippen LogP contribution < -0.4 is 9.05 Å². The third kappa shape index (κ3) is 5.49. The Morgan fingerprint density at radius 1 is 0.750 bits per heavy atom. The summed E-state index contributed by atoms with van der Waals surface area (Å²) in [6.45, 7) is 4.15. The molecule has 0 saturated heterocycles. The lowest BCUT2D eigenvalue weighted by molar-refractivity contribution is 0.623. The summed E-state index contributed by atoms with van der Waals surface area (Å²) in [4.78, 5) is 0. The number of benzene rings is 2. The minimum absolute atomic E-state index is 0.498. The van der Waals surface area contributed by atoms with Gasteiger partial charge in [0.25, 0.3) is 0 Å². The average molecular weight is 306 g/mol. The molecule has 0 amide bonds. The Morgan fingerprint density at radius 3 is 1.60 bits per heavy atom. The van der Waals surface area contributed by atoms with E-state index in [4.69, 9.17) is 9.05 Å². The highest BCUT2D eigenvalue weighted by Crippen LogP contribution is 2.26. The molecule has 20 heavy (non-hydrogen) atoms. The van der Waals surface area contributed by atoms with E-state index in [9.17, 15) is 0 Å². The Balaban J connectivity index is 1.60. The zero-order valence-corrected chi connectivity index (χ0v) is 13.8. The zero-order valence-electron chi connectivity index (χ0n) is 11.8. The van der Waals surface area contributed by atoms with Crippen LogP contribution in [-0.2, 0) is 0 Å². The Bertz CT molecular complexity index is 494.